The summed E-state index contributed by atoms with van der Waals surface area (Å²) < 4.78 is 1.12. The van der Waals surface area contributed by atoms with Gasteiger partial charge in [-0.15, -0.1) is 0 Å². The van der Waals surface area contributed by atoms with Crippen molar-refractivity contribution in [2.75, 3.05) is 0 Å². The van der Waals surface area contributed by atoms with Crippen LogP contribution in [0, 0.1) is 0 Å². The van der Waals surface area contributed by atoms with Gasteiger partial charge in [0.15, 0.2) is 0 Å². The number of hydrogen-bond acceptors (Lipinski definition) is 2. The van der Waals surface area contributed by atoms with Crippen LogP contribution in [0.3, 0.4) is 0 Å². The van der Waals surface area contributed by atoms with Crippen molar-refractivity contribution in [2.45, 2.75) is 26.2 Å². The van der Waals surface area contributed by atoms with Gasteiger partial charge in [0.2, 0.25) is 0 Å². The van der Waals surface area contributed by atoms with E-state index in [0.717, 1.165) is 46.5 Å². The summed E-state index contributed by atoms with van der Waals surface area (Å²) in [7, 11) is 0. The van der Waals surface area contributed by atoms with E-state index < -0.39 is 0 Å². The third-order valence-corrected chi connectivity index (χ3v) is 4.38. The molecule has 0 atom stereocenters. The molecule has 0 spiro atoms. The van der Waals surface area contributed by atoms with Gasteiger partial charge in [0, 0.05) is 22.2 Å². The summed E-state index contributed by atoms with van der Waals surface area (Å²) in [6.45, 7) is 6.31. The van der Waals surface area contributed by atoms with Gasteiger partial charge in [-0.2, -0.15) is 0 Å². The maximum atomic E-state index is 4.74. The number of aliphatic imine (C=N–C) groups is 1. The predicted molar refractivity (Wildman–Crippen MR) is 97.5 cm³/mol. The van der Waals surface area contributed by atoms with E-state index in [4.69, 9.17) is 4.99 Å². The number of halogens is 1. The highest BCUT2D eigenvalue weighted by molar-refractivity contribution is 9.10. The molecule has 2 nitrogen and oxygen atoms in total. The Balaban J connectivity index is 1.78. The minimum Gasteiger partial charge on any atom is -0.344 e. The molecule has 1 aliphatic heterocycles. The maximum Gasteiger partial charge on any atom is 0.107 e. The van der Waals surface area contributed by atoms with E-state index in [0.29, 0.717) is 0 Å². The largest absolute Gasteiger partial charge is 0.344 e. The monoisotopic (exact) mass is 354 g/mol. The van der Waals surface area contributed by atoms with E-state index in [1.54, 1.807) is 0 Å². The summed E-state index contributed by atoms with van der Waals surface area (Å²) in [6.07, 6.45) is 2.87. The fourth-order valence-corrected chi connectivity index (χ4v) is 3.08. The van der Waals surface area contributed by atoms with Gasteiger partial charge in [0.05, 0.1) is 5.69 Å². The van der Waals surface area contributed by atoms with Crippen LogP contribution in [-0.4, -0.2) is 5.84 Å². The van der Waals surface area contributed by atoms with Gasteiger partial charge in [-0.1, -0.05) is 47.6 Å². The first-order chi connectivity index (χ1) is 10.7. The van der Waals surface area contributed by atoms with Gasteiger partial charge in [-0.05, 0) is 48.2 Å². The number of amidine groups is 1. The Hall–Kier alpha value is -1.87. The van der Waals surface area contributed by atoms with E-state index in [1.165, 1.54) is 11.1 Å². The Morgan fingerprint density at radius 3 is 2.73 bits per heavy atom. The SMILES string of the molecule is C=C1NC(CCc2cccc(Br)c2)=Nc2ccc(CC)cc21. The van der Waals surface area contributed by atoms with Crippen molar-refractivity contribution >= 4 is 33.1 Å². The number of hydrogen-bond donors (Lipinski definition) is 1. The zero-order valence-electron chi connectivity index (χ0n) is 12.7. The van der Waals surface area contributed by atoms with Gasteiger partial charge < -0.3 is 5.32 Å². The van der Waals surface area contributed by atoms with Crippen LogP contribution >= 0.6 is 15.9 Å². The standard InChI is InChI=1S/C19H19BrN2/c1-3-14-7-9-18-17(12-14)13(2)21-19(22-18)10-8-15-5-4-6-16(20)11-15/h4-7,9,11-12H,2-3,8,10H2,1H3,(H,21,22). The third kappa shape index (κ3) is 3.30. The number of nitrogens with zero attached hydrogens (tertiary/aromatic N) is 1. The van der Waals surface area contributed by atoms with Crippen molar-refractivity contribution in [1.29, 1.82) is 0 Å². The van der Waals surface area contributed by atoms with Crippen molar-refractivity contribution in [3.05, 3.63) is 70.2 Å². The Bertz CT molecular complexity index is 747. The molecule has 0 saturated carbocycles. The Labute approximate surface area is 140 Å². The zero-order valence-corrected chi connectivity index (χ0v) is 14.3. The Kier molecular flexibility index (Phi) is 4.44. The summed E-state index contributed by atoms with van der Waals surface area (Å²) >= 11 is 3.51. The molecule has 0 bridgehead atoms. The molecular formula is C19H19BrN2. The van der Waals surface area contributed by atoms with Crippen LogP contribution in [0.4, 0.5) is 5.69 Å². The normalized spacial score (nSPS) is 13.4. The average Bonchev–Trinajstić information content (AvgIpc) is 2.53. The van der Waals surface area contributed by atoms with Crippen LogP contribution in [0.1, 0.15) is 30.0 Å². The summed E-state index contributed by atoms with van der Waals surface area (Å²) in [4.78, 5) is 4.74. The van der Waals surface area contributed by atoms with Crippen molar-refractivity contribution in [2.24, 2.45) is 4.99 Å². The summed E-state index contributed by atoms with van der Waals surface area (Å²) in [6, 6.07) is 14.8. The number of rotatable bonds is 4. The number of benzene rings is 2. The highest BCUT2D eigenvalue weighted by Gasteiger charge is 2.15. The summed E-state index contributed by atoms with van der Waals surface area (Å²) in [5, 5.41) is 3.35. The van der Waals surface area contributed by atoms with Crippen LogP contribution in [0.5, 0.6) is 0 Å². The van der Waals surface area contributed by atoms with Crippen molar-refractivity contribution in [3.63, 3.8) is 0 Å². The molecule has 22 heavy (non-hydrogen) atoms. The molecule has 3 heteroatoms. The van der Waals surface area contributed by atoms with Crippen LogP contribution in [0.2, 0.25) is 0 Å². The van der Waals surface area contributed by atoms with E-state index in [-0.39, 0.29) is 0 Å². The molecule has 0 unspecified atom stereocenters. The van der Waals surface area contributed by atoms with Gasteiger partial charge >= 0.3 is 0 Å². The minimum absolute atomic E-state index is 0.879. The molecule has 2 aromatic rings. The lowest BCUT2D eigenvalue weighted by atomic mass is 10.0. The highest BCUT2D eigenvalue weighted by Crippen LogP contribution is 2.29. The van der Waals surface area contributed by atoms with E-state index in [1.807, 2.05) is 6.07 Å². The second-order valence-corrected chi connectivity index (χ2v) is 6.41. The molecule has 0 amide bonds. The first kappa shape index (κ1) is 15.0. The molecule has 0 fully saturated rings. The van der Waals surface area contributed by atoms with Crippen molar-refractivity contribution in [3.8, 4) is 0 Å². The Morgan fingerprint density at radius 2 is 1.95 bits per heavy atom. The summed E-state index contributed by atoms with van der Waals surface area (Å²) in [5.74, 6) is 0.988. The van der Waals surface area contributed by atoms with Gasteiger partial charge in [0.25, 0.3) is 0 Å². The minimum atomic E-state index is 0.879. The van der Waals surface area contributed by atoms with Gasteiger partial charge in [-0.3, -0.25) is 0 Å². The molecule has 112 valence electrons. The van der Waals surface area contributed by atoms with Crippen LogP contribution in [0.25, 0.3) is 5.70 Å². The molecule has 1 aliphatic rings. The molecule has 0 saturated heterocycles. The smallest absolute Gasteiger partial charge is 0.107 e. The molecule has 3 rings (SSSR count). The third-order valence-electron chi connectivity index (χ3n) is 3.88. The van der Waals surface area contributed by atoms with Crippen molar-refractivity contribution in [1.82, 2.24) is 5.32 Å². The predicted octanol–water partition coefficient (Wildman–Crippen LogP) is 5.25. The molecule has 0 aliphatic carbocycles. The molecule has 0 aromatic heterocycles. The second-order valence-electron chi connectivity index (χ2n) is 5.50. The second kappa shape index (κ2) is 6.49. The van der Waals surface area contributed by atoms with Crippen LogP contribution in [0.15, 0.2) is 58.5 Å². The topological polar surface area (TPSA) is 24.4 Å². The van der Waals surface area contributed by atoms with Crippen molar-refractivity contribution < 1.29 is 0 Å². The molecular weight excluding hydrogens is 336 g/mol. The first-order valence-corrected chi connectivity index (χ1v) is 8.36. The maximum absolute atomic E-state index is 4.74. The first-order valence-electron chi connectivity index (χ1n) is 7.57. The molecule has 1 heterocycles. The Morgan fingerprint density at radius 1 is 1.09 bits per heavy atom. The molecule has 1 N–H and O–H groups in total. The van der Waals surface area contributed by atoms with Gasteiger partial charge in [0.1, 0.15) is 5.84 Å². The number of nitrogens with one attached hydrogen (secondary N) is 1. The van der Waals surface area contributed by atoms with Crippen LogP contribution in [-0.2, 0) is 12.8 Å². The van der Waals surface area contributed by atoms with E-state index in [9.17, 15) is 0 Å². The zero-order chi connectivity index (χ0) is 15.5. The van der Waals surface area contributed by atoms with Crippen LogP contribution < -0.4 is 5.32 Å². The quantitative estimate of drug-likeness (QED) is 0.796. The van der Waals surface area contributed by atoms with E-state index in [2.05, 4.69) is 71.1 Å². The average molecular weight is 355 g/mol. The highest BCUT2D eigenvalue weighted by atomic mass is 79.9. The summed E-state index contributed by atoms with van der Waals surface area (Å²) in [5.41, 5.74) is 5.70. The lowest BCUT2D eigenvalue weighted by Gasteiger charge is -2.20. The van der Waals surface area contributed by atoms with E-state index >= 15 is 0 Å². The fraction of sp³-hybridized carbons (Fsp3) is 0.211. The molecule has 2 aromatic carbocycles. The lowest BCUT2D eigenvalue weighted by Crippen LogP contribution is -2.25. The lowest BCUT2D eigenvalue weighted by molar-refractivity contribution is 0.990. The molecule has 0 radical (unpaired) electrons. The van der Waals surface area contributed by atoms with Gasteiger partial charge in [-0.25, -0.2) is 4.99 Å². The number of aryl methyl sites for hydroxylation is 2. The fourth-order valence-electron chi connectivity index (χ4n) is 2.63. The number of fused-ring (bicyclic) bond motifs is 1.